The van der Waals surface area contributed by atoms with Crippen LogP contribution >= 0.6 is 0 Å². The maximum atomic E-state index is 2.24. The van der Waals surface area contributed by atoms with Crippen LogP contribution in [0.5, 0.6) is 0 Å². The molecule has 18 heavy (non-hydrogen) atoms. The predicted octanol–water partition coefficient (Wildman–Crippen LogP) is 3.65. The molecule has 1 aliphatic rings. The minimum atomic E-state index is 0. The summed E-state index contributed by atoms with van der Waals surface area (Å²) in [7, 11) is 0. The average Bonchev–Trinajstić information content (AvgIpc) is 2.26. The normalized spacial score (nSPS) is 9.33. The molecule has 0 N–H and O–H groups in total. The van der Waals surface area contributed by atoms with Crippen molar-refractivity contribution >= 4 is 0 Å². The van der Waals surface area contributed by atoms with Crippen LogP contribution in [0, 0.1) is 51.4 Å². The van der Waals surface area contributed by atoms with Gasteiger partial charge in [-0.25, -0.2) is 0 Å². The number of fused-ring (bicyclic) bond motifs is 2. The summed E-state index contributed by atoms with van der Waals surface area (Å²) in [6.45, 7) is 0. The Balaban J connectivity index is 0. The minimum absolute atomic E-state index is 0. The van der Waals surface area contributed by atoms with Crippen LogP contribution in [0.1, 0.15) is 22.3 Å². The SMILES string of the molecule is [CH3-].[U].[V+2].[W].c1ccc2c(c1)[CH-]c1ccccc1[CH-]2. The van der Waals surface area contributed by atoms with Crippen LogP contribution in [0.4, 0.5) is 0 Å². The molecule has 2 aromatic rings. The first-order valence-electron chi connectivity index (χ1n) is 4.81. The summed E-state index contributed by atoms with van der Waals surface area (Å²) >= 11 is 0. The minimum Gasteiger partial charge on any atom is -0.358 e. The van der Waals surface area contributed by atoms with Gasteiger partial charge in [0.2, 0.25) is 0 Å². The zero-order chi connectivity index (χ0) is 9.38. The van der Waals surface area contributed by atoms with Gasteiger partial charge in [-0.3, -0.25) is 0 Å². The van der Waals surface area contributed by atoms with Crippen LogP contribution in [-0.2, 0) is 39.6 Å². The maximum Gasteiger partial charge on any atom is 2.00 e. The third-order valence-electron chi connectivity index (χ3n) is 2.61. The fraction of sp³-hybridized carbons (Fsp3) is 0. The van der Waals surface area contributed by atoms with Gasteiger partial charge in [-0.2, -0.15) is 59.4 Å². The Bertz CT molecular complexity index is 398. The van der Waals surface area contributed by atoms with E-state index in [2.05, 4.69) is 61.4 Å². The Labute approximate surface area is 160 Å². The second kappa shape index (κ2) is 9.42. The molecule has 0 saturated heterocycles. The van der Waals surface area contributed by atoms with Crippen molar-refractivity contribution in [2.45, 2.75) is 0 Å². The van der Waals surface area contributed by atoms with E-state index in [9.17, 15) is 0 Å². The molecule has 2 aromatic carbocycles. The van der Waals surface area contributed by atoms with Crippen LogP contribution in [0.25, 0.3) is 0 Å². The van der Waals surface area contributed by atoms with Gasteiger partial charge in [0, 0.05) is 52.2 Å². The average molecular weight is 666 g/mol. The largest absolute Gasteiger partial charge is 2.00 e. The Morgan fingerprint density at radius 3 is 1.06 bits per heavy atom. The molecule has 0 saturated carbocycles. The summed E-state index contributed by atoms with van der Waals surface area (Å²) in [6.07, 6.45) is 4.48. The molecule has 0 heterocycles. The fourth-order valence-corrected chi connectivity index (χ4v) is 1.88. The molecule has 1 radical (unpaired) electrons. The Morgan fingerprint density at radius 1 is 0.611 bits per heavy atom. The molecular weight excluding hydrogens is 653 g/mol. The molecule has 3 rings (SSSR count). The molecule has 0 bridgehead atoms. The summed E-state index contributed by atoms with van der Waals surface area (Å²) in [5.74, 6) is 0. The van der Waals surface area contributed by atoms with E-state index in [1.54, 1.807) is 0 Å². The van der Waals surface area contributed by atoms with Crippen LogP contribution in [0.15, 0.2) is 48.5 Å². The quantitative estimate of drug-likeness (QED) is 0.322. The van der Waals surface area contributed by atoms with Gasteiger partial charge in [0.1, 0.15) is 0 Å². The molecule has 0 spiro atoms. The smallest absolute Gasteiger partial charge is 0.358 e. The number of hydrogen-bond donors (Lipinski definition) is 0. The topological polar surface area (TPSA) is 0 Å². The summed E-state index contributed by atoms with van der Waals surface area (Å²) in [4.78, 5) is 0. The molecule has 0 aromatic heterocycles. The van der Waals surface area contributed by atoms with Crippen molar-refractivity contribution in [1.29, 1.82) is 0 Å². The predicted molar refractivity (Wildman–Crippen MR) is 64.3 cm³/mol. The van der Waals surface area contributed by atoms with E-state index in [0.29, 0.717) is 0 Å². The van der Waals surface area contributed by atoms with E-state index < -0.39 is 0 Å². The molecule has 0 amide bonds. The van der Waals surface area contributed by atoms with Crippen molar-refractivity contribution in [3.63, 3.8) is 0 Å². The zero-order valence-electron chi connectivity index (χ0n) is 10.1. The first kappa shape index (κ1) is 20.8. The van der Waals surface area contributed by atoms with E-state index in [-0.39, 0.29) is 78.2 Å². The molecular formula is C15H13UVW-. The molecule has 0 fully saturated rings. The third-order valence-corrected chi connectivity index (χ3v) is 2.61. The second-order valence-electron chi connectivity index (χ2n) is 3.55. The molecule has 0 atom stereocenters. The van der Waals surface area contributed by atoms with Crippen LogP contribution < -0.4 is 0 Å². The van der Waals surface area contributed by atoms with Crippen LogP contribution in [-0.4, -0.2) is 0 Å². The van der Waals surface area contributed by atoms with E-state index >= 15 is 0 Å². The Hall–Kier alpha value is 0.505. The van der Waals surface area contributed by atoms with E-state index in [1.807, 2.05) is 0 Å². The number of hydrogen-bond acceptors (Lipinski definition) is 0. The molecule has 89 valence electrons. The van der Waals surface area contributed by atoms with E-state index in [4.69, 9.17) is 0 Å². The van der Waals surface area contributed by atoms with Crippen molar-refractivity contribution in [3.8, 4) is 0 Å². The molecule has 0 aliphatic heterocycles. The van der Waals surface area contributed by atoms with Crippen molar-refractivity contribution < 1.29 is 70.7 Å². The van der Waals surface area contributed by atoms with Gasteiger partial charge < -0.3 is 7.43 Å². The van der Waals surface area contributed by atoms with Gasteiger partial charge in [0.05, 0.1) is 0 Å². The zero-order valence-corrected chi connectivity index (χ0v) is 18.6. The van der Waals surface area contributed by atoms with Gasteiger partial charge in [0.25, 0.3) is 0 Å². The standard InChI is InChI=1S/C14H10.CH3.U.V.W/c1-2-6-12-10-14-8-4-3-7-13(14)9-11(12)5-1;;;;/h1-10H;1H3;;;/q-2;-1;;+2;. The van der Waals surface area contributed by atoms with Crippen LogP contribution in [0.3, 0.4) is 0 Å². The van der Waals surface area contributed by atoms with E-state index in [1.165, 1.54) is 22.3 Å². The maximum absolute atomic E-state index is 2.24. The van der Waals surface area contributed by atoms with Gasteiger partial charge >= 0.3 is 18.6 Å². The van der Waals surface area contributed by atoms with Gasteiger partial charge in [0.15, 0.2) is 0 Å². The number of benzene rings is 2. The molecule has 1 aliphatic carbocycles. The molecule has 0 unspecified atom stereocenters. The van der Waals surface area contributed by atoms with Crippen molar-refractivity contribution in [2.24, 2.45) is 0 Å². The van der Waals surface area contributed by atoms with Crippen molar-refractivity contribution in [3.05, 3.63) is 91.1 Å². The Morgan fingerprint density at radius 2 is 0.833 bits per heavy atom. The van der Waals surface area contributed by atoms with Crippen LogP contribution in [0.2, 0.25) is 0 Å². The van der Waals surface area contributed by atoms with Gasteiger partial charge in [-0.1, -0.05) is 0 Å². The fourth-order valence-electron chi connectivity index (χ4n) is 1.88. The van der Waals surface area contributed by atoms with E-state index in [0.717, 1.165) is 0 Å². The third kappa shape index (κ3) is 4.26. The first-order chi connectivity index (χ1) is 6.93. The molecule has 3 heteroatoms. The monoisotopic (exact) mass is 666 g/mol. The number of rotatable bonds is 0. The molecule has 0 nitrogen and oxygen atoms in total. The summed E-state index contributed by atoms with van der Waals surface area (Å²) in [5, 5.41) is 0. The van der Waals surface area contributed by atoms with Crippen molar-refractivity contribution in [2.75, 3.05) is 0 Å². The van der Waals surface area contributed by atoms with Gasteiger partial charge in [-0.05, 0) is 0 Å². The summed E-state index contributed by atoms with van der Waals surface area (Å²) in [5.41, 5.74) is 5.25. The first-order valence-corrected chi connectivity index (χ1v) is 4.81. The van der Waals surface area contributed by atoms with Crippen molar-refractivity contribution in [1.82, 2.24) is 0 Å². The Kier molecular flexibility index (Phi) is 10.9. The van der Waals surface area contributed by atoms with Gasteiger partial charge in [-0.15, -0.1) is 24.3 Å². The summed E-state index contributed by atoms with van der Waals surface area (Å²) < 4.78 is 0. The summed E-state index contributed by atoms with van der Waals surface area (Å²) in [6, 6.07) is 16.9. The second-order valence-corrected chi connectivity index (χ2v) is 3.55.